The number of hydrogen-bond donors (Lipinski definition) is 2. The van der Waals surface area contributed by atoms with Crippen LogP contribution in [0.25, 0.3) is 0 Å². The number of nitrogen functional groups attached to an aromatic ring is 1. The van der Waals surface area contributed by atoms with Gasteiger partial charge in [-0.25, -0.2) is 4.98 Å². The fourth-order valence-electron chi connectivity index (χ4n) is 1.53. The van der Waals surface area contributed by atoms with Crippen molar-refractivity contribution in [3.05, 3.63) is 36.0 Å². The van der Waals surface area contributed by atoms with Crippen molar-refractivity contribution < 1.29 is 0 Å². The SMILES string of the molecule is Cc1cc(N(C)C)nc(Nc2ccc(N)cc2)n1. The first kappa shape index (κ1) is 12.2. The second kappa shape index (κ2) is 4.91. The lowest BCUT2D eigenvalue weighted by Crippen LogP contribution is -2.12. The van der Waals surface area contributed by atoms with Crippen LogP contribution in [0.15, 0.2) is 30.3 Å². The first-order valence-electron chi connectivity index (χ1n) is 5.70. The largest absolute Gasteiger partial charge is 0.399 e. The Balaban J connectivity index is 2.26. The summed E-state index contributed by atoms with van der Waals surface area (Å²) >= 11 is 0. The molecular formula is C13H17N5. The van der Waals surface area contributed by atoms with E-state index in [1.165, 1.54) is 0 Å². The van der Waals surface area contributed by atoms with Crippen LogP contribution >= 0.6 is 0 Å². The molecule has 2 aromatic rings. The number of rotatable bonds is 3. The van der Waals surface area contributed by atoms with Crippen molar-refractivity contribution in [2.75, 3.05) is 30.0 Å². The zero-order chi connectivity index (χ0) is 13.1. The van der Waals surface area contributed by atoms with Crippen LogP contribution in [0, 0.1) is 6.92 Å². The van der Waals surface area contributed by atoms with E-state index in [0.717, 1.165) is 22.9 Å². The highest BCUT2D eigenvalue weighted by atomic mass is 15.2. The predicted octanol–water partition coefficient (Wildman–Crippen LogP) is 2.18. The maximum Gasteiger partial charge on any atom is 0.229 e. The van der Waals surface area contributed by atoms with Crippen LogP contribution in [0.3, 0.4) is 0 Å². The number of hydrogen-bond acceptors (Lipinski definition) is 5. The normalized spacial score (nSPS) is 10.2. The highest BCUT2D eigenvalue weighted by molar-refractivity contribution is 5.58. The van der Waals surface area contributed by atoms with Crippen LogP contribution in [0.4, 0.5) is 23.1 Å². The van der Waals surface area contributed by atoms with E-state index < -0.39 is 0 Å². The topological polar surface area (TPSA) is 67.1 Å². The summed E-state index contributed by atoms with van der Waals surface area (Å²) in [4.78, 5) is 10.7. The van der Waals surface area contributed by atoms with Gasteiger partial charge in [-0.15, -0.1) is 0 Å². The molecule has 0 atom stereocenters. The lowest BCUT2D eigenvalue weighted by molar-refractivity contribution is 1.02. The summed E-state index contributed by atoms with van der Waals surface area (Å²) in [5.41, 5.74) is 8.22. The van der Waals surface area contributed by atoms with Crippen LogP contribution in [-0.2, 0) is 0 Å². The van der Waals surface area contributed by atoms with E-state index in [4.69, 9.17) is 5.73 Å². The van der Waals surface area contributed by atoms with Gasteiger partial charge in [-0.3, -0.25) is 0 Å². The maximum atomic E-state index is 5.64. The monoisotopic (exact) mass is 243 g/mol. The molecule has 1 aromatic heterocycles. The lowest BCUT2D eigenvalue weighted by atomic mass is 10.3. The molecule has 94 valence electrons. The van der Waals surface area contributed by atoms with E-state index in [1.807, 2.05) is 56.3 Å². The summed E-state index contributed by atoms with van der Waals surface area (Å²) in [7, 11) is 3.91. The van der Waals surface area contributed by atoms with E-state index in [0.29, 0.717) is 5.95 Å². The molecule has 0 aliphatic carbocycles. The highest BCUT2D eigenvalue weighted by Gasteiger charge is 2.04. The summed E-state index contributed by atoms with van der Waals surface area (Å²) in [6.07, 6.45) is 0. The van der Waals surface area contributed by atoms with Crippen molar-refractivity contribution in [2.24, 2.45) is 0 Å². The Bertz CT molecular complexity index is 534. The minimum Gasteiger partial charge on any atom is -0.399 e. The van der Waals surface area contributed by atoms with Gasteiger partial charge in [-0.1, -0.05) is 0 Å². The molecule has 5 heteroatoms. The molecule has 0 unspecified atom stereocenters. The Labute approximate surface area is 107 Å². The maximum absolute atomic E-state index is 5.64. The van der Waals surface area contributed by atoms with Gasteiger partial charge >= 0.3 is 0 Å². The summed E-state index contributed by atoms with van der Waals surface area (Å²) < 4.78 is 0. The van der Waals surface area contributed by atoms with E-state index >= 15 is 0 Å². The molecular weight excluding hydrogens is 226 g/mol. The van der Waals surface area contributed by atoms with E-state index in [1.54, 1.807) is 0 Å². The molecule has 0 saturated heterocycles. The number of nitrogens with zero attached hydrogens (tertiary/aromatic N) is 3. The minimum atomic E-state index is 0.587. The average Bonchev–Trinajstić information content (AvgIpc) is 2.31. The van der Waals surface area contributed by atoms with Crippen molar-refractivity contribution in [3.8, 4) is 0 Å². The summed E-state index contributed by atoms with van der Waals surface area (Å²) in [6.45, 7) is 1.95. The second-order valence-electron chi connectivity index (χ2n) is 4.33. The van der Waals surface area contributed by atoms with Gasteiger partial charge in [0.15, 0.2) is 0 Å². The Kier molecular flexibility index (Phi) is 3.32. The van der Waals surface area contributed by atoms with Crippen molar-refractivity contribution in [1.29, 1.82) is 0 Å². The van der Waals surface area contributed by atoms with Crippen LogP contribution in [0.1, 0.15) is 5.69 Å². The summed E-state index contributed by atoms with van der Waals surface area (Å²) in [6, 6.07) is 9.41. The number of nitrogens with one attached hydrogen (secondary N) is 1. The van der Waals surface area contributed by atoms with E-state index in [2.05, 4.69) is 15.3 Å². The van der Waals surface area contributed by atoms with Crippen LogP contribution in [0.2, 0.25) is 0 Å². The Morgan fingerprint density at radius 1 is 1.11 bits per heavy atom. The van der Waals surface area contributed by atoms with Gasteiger partial charge in [0.1, 0.15) is 5.82 Å². The molecule has 0 aliphatic heterocycles. The number of aromatic nitrogens is 2. The Morgan fingerprint density at radius 2 is 1.78 bits per heavy atom. The van der Waals surface area contributed by atoms with Gasteiger partial charge in [0.05, 0.1) is 0 Å². The molecule has 0 fully saturated rings. The van der Waals surface area contributed by atoms with Gasteiger partial charge in [-0.2, -0.15) is 4.98 Å². The molecule has 18 heavy (non-hydrogen) atoms. The van der Waals surface area contributed by atoms with Gasteiger partial charge in [0.25, 0.3) is 0 Å². The standard InChI is InChI=1S/C13H17N5/c1-9-8-12(18(2)3)17-13(15-9)16-11-6-4-10(14)5-7-11/h4-8H,14H2,1-3H3,(H,15,16,17). The number of anilines is 4. The Morgan fingerprint density at radius 3 is 2.39 bits per heavy atom. The quantitative estimate of drug-likeness (QED) is 0.809. The van der Waals surface area contributed by atoms with Crippen molar-refractivity contribution in [2.45, 2.75) is 6.92 Å². The molecule has 0 bridgehead atoms. The minimum absolute atomic E-state index is 0.587. The van der Waals surface area contributed by atoms with Gasteiger partial charge in [-0.05, 0) is 31.2 Å². The van der Waals surface area contributed by atoms with E-state index in [-0.39, 0.29) is 0 Å². The molecule has 5 nitrogen and oxygen atoms in total. The molecule has 2 rings (SSSR count). The van der Waals surface area contributed by atoms with Gasteiger partial charge in [0.2, 0.25) is 5.95 Å². The highest BCUT2D eigenvalue weighted by Crippen LogP contribution is 2.17. The second-order valence-corrected chi connectivity index (χ2v) is 4.33. The summed E-state index contributed by atoms with van der Waals surface area (Å²) in [5, 5.41) is 3.16. The Hall–Kier alpha value is -2.30. The number of benzene rings is 1. The molecule has 0 aliphatic rings. The van der Waals surface area contributed by atoms with Crippen LogP contribution in [-0.4, -0.2) is 24.1 Å². The van der Waals surface area contributed by atoms with Crippen molar-refractivity contribution in [1.82, 2.24) is 9.97 Å². The summed E-state index contributed by atoms with van der Waals surface area (Å²) in [5.74, 6) is 1.46. The molecule has 3 N–H and O–H groups in total. The molecule has 0 spiro atoms. The number of nitrogens with two attached hydrogens (primary N) is 1. The molecule has 1 heterocycles. The molecule has 1 aromatic carbocycles. The fraction of sp³-hybridized carbons (Fsp3) is 0.231. The first-order valence-corrected chi connectivity index (χ1v) is 5.70. The van der Waals surface area contributed by atoms with Gasteiger partial charge in [0, 0.05) is 37.2 Å². The molecule has 0 amide bonds. The third-order valence-corrected chi connectivity index (χ3v) is 2.47. The first-order chi connectivity index (χ1) is 8.54. The zero-order valence-corrected chi connectivity index (χ0v) is 10.8. The fourth-order valence-corrected chi connectivity index (χ4v) is 1.53. The average molecular weight is 243 g/mol. The molecule has 0 radical (unpaired) electrons. The van der Waals surface area contributed by atoms with Crippen molar-refractivity contribution in [3.63, 3.8) is 0 Å². The third-order valence-electron chi connectivity index (χ3n) is 2.47. The van der Waals surface area contributed by atoms with Crippen LogP contribution < -0.4 is 16.0 Å². The van der Waals surface area contributed by atoms with Crippen LogP contribution in [0.5, 0.6) is 0 Å². The molecule has 0 saturated carbocycles. The van der Waals surface area contributed by atoms with E-state index in [9.17, 15) is 0 Å². The predicted molar refractivity (Wildman–Crippen MR) is 75.2 cm³/mol. The zero-order valence-electron chi connectivity index (χ0n) is 10.8. The lowest BCUT2D eigenvalue weighted by Gasteiger charge is -2.13. The van der Waals surface area contributed by atoms with Gasteiger partial charge < -0.3 is 16.0 Å². The third kappa shape index (κ3) is 2.88. The number of aryl methyl sites for hydroxylation is 1. The smallest absolute Gasteiger partial charge is 0.229 e. The van der Waals surface area contributed by atoms with Crippen molar-refractivity contribution >= 4 is 23.1 Å².